The first-order valence-corrected chi connectivity index (χ1v) is 15.1. The molecule has 4 aromatic rings. The fourth-order valence-electron chi connectivity index (χ4n) is 4.70. The molecular formula is C34H41FN6O5. The first-order chi connectivity index (χ1) is 21.7. The molecule has 3 heterocycles. The third-order valence-corrected chi connectivity index (χ3v) is 6.61. The summed E-state index contributed by atoms with van der Waals surface area (Å²) in [5.41, 5.74) is 2.40. The SMILES string of the molecule is CC(C)(C)OC(=O)NCCCCC(NC(=O)OC(C)(C)C)C(=O)Nc1ccc2c(-c3ccncc3)c(-c3ccc(F)cc3)[nH]c2n1. The van der Waals surface area contributed by atoms with E-state index in [0.29, 0.717) is 25.0 Å². The minimum Gasteiger partial charge on any atom is -0.444 e. The molecule has 4 N–H and O–H groups in total. The number of hydrogen-bond donors (Lipinski definition) is 4. The number of nitrogens with one attached hydrogen (secondary N) is 4. The number of amides is 3. The van der Waals surface area contributed by atoms with Crippen LogP contribution >= 0.6 is 0 Å². The van der Waals surface area contributed by atoms with E-state index >= 15 is 0 Å². The summed E-state index contributed by atoms with van der Waals surface area (Å²) < 4.78 is 24.3. The van der Waals surface area contributed by atoms with Gasteiger partial charge in [0, 0.05) is 29.9 Å². The molecule has 0 aliphatic rings. The predicted octanol–water partition coefficient (Wildman–Crippen LogP) is 6.96. The fraction of sp³-hybridized carbons (Fsp3) is 0.382. The second-order valence-corrected chi connectivity index (χ2v) is 12.8. The molecule has 11 nitrogen and oxygen atoms in total. The van der Waals surface area contributed by atoms with E-state index in [1.165, 1.54) is 12.1 Å². The molecule has 1 aromatic carbocycles. The zero-order chi connectivity index (χ0) is 33.5. The molecule has 46 heavy (non-hydrogen) atoms. The third-order valence-electron chi connectivity index (χ3n) is 6.61. The minimum atomic E-state index is -0.931. The van der Waals surface area contributed by atoms with E-state index < -0.39 is 35.3 Å². The van der Waals surface area contributed by atoms with E-state index in [-0.39, 0.29) is 18.1 Å². The number of hydrogen-bond acceptors (Lipinski definition) is 7. The highest BCUT2D eigenvalue weighted by atomic mass is 19.1. The predicted molar refractivity (Wildman–Crippen MR) is 175 cm³/mol. The lowest BCUT2D eigenvalue weighted by atomic mass is 10.00. The molecule has 0 bridgehead atoms. The first kappa shape index (κ1) is 33.9. The number of unbranched alkanes of at least 4 members (excludes halogenated alkanes) is 1. The van der Waals surface area contributed by atoms with Crippen molar-refractivity contribution in [1.82, 2.24) is 25.6 Å². The van der Waals surface area contributed by atoms with Gasteiger partial charge in [-0.15, -0.1) is 0 Å². The van der Waals surface area contributed by atoms with Crippen molar-refractivity contribution >= 4 is 34.9 Å². The van der Waals surface area contributed by atoms with Crippen molar-refractivity contribution in [3.05, 3.63) is 66.7 Å². The average molecular weight is 633 g/mol. The number of benzene rings is 1. The highest BCUT2D eigenvalue weighted by Crippen LogP contribution is 2.38. The maximum absolute atomic E-state index is 13.7. The van der Waals surface area contributed by atoms with E-state index in [0.717, 1.165) is 27.8 Å². The number of pyridine rings is 2. The van der Waals surface area contributed by atoms with Gasteiger partial charge in [0.05, 0.1) is 5.69 Å². The smallest absolute Gasteiger partial charge is 0.408 e. The number of H-pyrrole nitrogens is 1. The van der Waals surface area contributed by atoms with Crippen LogP contribution < -0.4 is 16.0 Å². The van der Waals surface area contributed by atoms with Crippen LogP contribution in [-0.4, -0.2) is 56.8 Å². The summed E-state index contributed by atoms with van der Waals surface area (Å²) in [5, 5.41) is 8.97. The second-order valence-electron chi connectivity index (χ2n) is 12.8. The summed E-state index contributed by atoms with van der Waals surface area (Å²) in [6.45, 7) is 10.9. The van der Waals surface area contributed by atoms with Gasteiger partial charge in [-0.2, -0.15) is 0 Å². The topological polar surface area (TPSA) is 147 Å². The summed E-state index contributed by atoms with van der Waals surface area (Å²) >= 11 is 0. The van der Waals surface area contributed by atoms with Gasteiger partial charge in [0.1, 0.15) is 34.5 Å². The van der Waals surface area contributed by atoms with Gasteiger partial charge in [0.15, 0.2) is 0 Å². The van der Waals surface area contributed by atoms with Gasteiger partial charge in [-0.3, -0.25) is 9.78 Å². The van der Waals surface area contributed by atoms with E-state index in [2.05, 4.69) is 30.9 Å². The van der Waals surface area contributed by atoms with Crippen molar-refractivity contribution < 1.29 is 28.2 Å². The van der Waals surface area contributed by atoms with Crippen molar-refractivity contribution in [1.29, 1.82) is 0 Å². The molecule has 0 radical (unpaired) electrons. The van der Waals surface area contributed by atoms with Crippen LogP contribution in [0.3, 0.4) is 0 Å². The number of halogens is 1. The van der Waals surface area contributed by atoms with Gasteiger partial charge in [0.2, 0.25) is 5.91 Å². The van der Waals surface area contributed by atoms with Crippen LogP contribution in [0.1, 0.15) is 60.8 Å². The van der Waals surface area contributed by atoms with Crippen molar-refractivity contribution in [2.45, 2.75) is 78.0 Å². The molecule has 1 unspecified atom stereocenters. The minimum absolute atomic E-state index is 0.272. The zero-order valence-electron chi connectivity index (χ0n) is 27.0. The Morgan fingerprint density at radius 1 is 0.848 bits per heavy atom. The number of nitrogens with zero attached hydrogens (tertiary/aromatic N) is 2. The summed E-state index contributed by atoms with van der Waals surface area (Å²) in [5.74, 6) is -0.548. The quantitative estimate of drug-likeness (QED) is 0.138. The molecule has 0 saturated heterocycles. The standard InChI is InChI=1S/C34H41FN6O5/c1-33(2,3)45-31(43)37-18-8-7-9-25(38-32(44)46-34(4,5)6)30(42)40-26-15-14-24-27(21-16-19-36-20-17-21)28(41-29(24)39-26)22-10-12-23(35)13-11-22/h10-17,19-20,25H,7-9,18H2,1-6H3,(H,37,43)(H,38,44)(H2,39,40,41,42). The Bertz CT molecular complexity index is 1660. The molecule has 0 fully saturated rings. The lowest BCUT2D eigenvalue weighted by Crippen LogP contribution is -2.46. The summed E-state index contributed by atoms with van der Waals surface area (Å²) in [4.78, 5) is 50.1. The number of alkyl carbamates (subject to hydrolysis) is 2. The lowest BCUT2D eigenvalue weighted by molar-refractivity contribution is -0.118. The monoisotopic (exact) mass is 632 g/mol. The Kier molecular flexibility index (Phi) is 10.6. The van der Waals surface area contributed by atoms with Crippen molar-refractivity contribution in [3.8, 4) is 22.4 Å². The van der Waals surface area contributed by atoms with E-state index in [9.17, 15) is 18.8 Å². The van der Waals surface area contributed by atoms with Crippen LogP contribution in [0.2, 0.25) is 0 Å². The van der Waals surface area contributed by atoms with Crippen molar-refractivity contribution in [3.63, 3.8) is 0 Å². The van der Waals surface area contributed by atoms with Crippen LogP contribution in [0.4, 0.5) is 19.8 Å². The van der Waals surface area contributed by atoms with Gasteiger partial charge in [-0.05, 0) is 120 Å². The molecule has 3 amide bonds. The van der Waals surface area contributed by atoms with Crippen molar-refractivity contribution in [2.24, 2.45) is 0 Å². The van der Waals surface area contributed by atoms with Gasteiger partial charge in [-0.25, -0.2) is 19.0 Å². The highest BCUT2D eigenvalue weighted by Gasteiger charge is 2.25. The number of aromatic amines is 1. The Labute approximate surface area is 267 Å². The molecular weight excluding hydrogens is 591 g/mol. The summed E-state index contributed by atoms with van der Waals surface area (Å²) in [6, 6.07) is 12.5. The number of carbonyl (C=O) groups excluding carboxylic acids is 3. The van der Waals surface area contributed by atoms with Crippen LogP contribution in [0, 0.1) is 5.82 Å². The van der Waals surface area contributed by atoms with Gasteiger partial charge in [0.25, 0.3) is 0 Å². The first-order valence-electron chi connectivity index (χ1n) is 15.1. The molecule has 1 atom stereocenters. The second kappa shape index (κ2) is 14.4. The number of ether oxygens (including phenoxy) is 2. The Morgan fingerprint density at radius 3 is 2.15 bits per heavy atom. The molecule has 244 valence electrons. The van der Waals surface area contributed by atoms with Gasteiger partial charge in [-0.1, -0.05) is 0 Å². The molecule has 0 spiro atoms. The number of anilines is 1. The van der Waals surface area contributed by atoms with Crippen LogP contribution in [0.25, 0.3) is 33.4 Å². The Balaban J connectivity index is 1.52. The van der Waals surface area contributed by atoms with Crippen LogP contribution in [0.15, 0.2) is 60.9 Å². The maximum Gasteiger partial charge on any atom is 0.408 e. The van der Waals surface area contributed by atoms with Crippen LogP contribution in [-0.2, 0) is 14.3 Å². The Hall–Kier alpha value is -5.00. The number of carbonyl (C=O) groups is 3. The zero-order valence-corrected chi connectivity index (χ0v) is 27.0. The van der Waals surface area contributed by atoms with Gasteiger partial charge < -0.3 is 30.4 Å². The number of fused-ring (bicyclic) bond motifs is 1. The van der Waals surface area contributed by atoms with E-state index in [1.54, 1.807) is 72.1 Å². The molecule has 0 saturated carbocycles. The summed E-state index contributed by atoms with van der Waals surface area (Å²) in [6.07, 6.45) is 3.49. The molecule has 12 heteroatoms. The molecule has 0 aliphatic heterocycles. The highest BCUT2D eigenvalue weighted by molar-refractivity contribution is 6.03. The Morgan fingerprint density at radius 2 is 1.50 bits per heavy atom. The normalized spacial score (nSPS) is 12.3. The summed E-state index contributed by atoms with van der Waals surface area (Å²) in [7, 11) is 0. The third kappa shape index (κ3) is 9.75. The fourth-order valence-corrected chi connectivity index (χ4v) is 4.70. The largest absolute Gasteiger partial charge is 0.444 e. The average Bonchev–Trinajstić information content (AvgIpc) is 3.34. The van der Waals surface area contributed by atoms with Crippen molar-refractivity contribution in [2.75, 3.05) is 11.9 Å². The van der Waals surface area contributed by atoms with E-state index in [1.807, 2.05) is 18.2 Å². The number of rotatable bonds is 10. The van der Waals surface area contributed by atoms with E-state index in [4.69, 9.17) is 9.47 Å². The van der Waals surface area contributed by atoms with Crippen LogP contribution in [0.5, 0.6) is 0 Å². The lowest BCUT2D eigenvalue weighted by Gasteiger charge is -2.23. The number of aromatic nitrogens is 3. The molecule has 4 rings (SSSR count). The van der Waals surface area contributed by atoms with Gasteiger partial charge >= 0.3 is 12.2 Å². The molecule has 0 aliphatic carbocycles. The molecule has 3 aromatic heterocycles. The maximum atomic E-state index is 13.7.